The van der Waals surface area contributed by atoms with Gasteiger partial charge in [0.2, 0.25) is 5.88 Å². The van der Waals surface area contributed by atoms with Crippen LogP contribution >= 0.6 is 0 Å². The third-order valence-corrected chi connectivity index (χ3v) is 3.82. The molecule has 0 amide bonds. The van der Waals surface area contributed by atoms with Gasteiger partial charge in [0, 0.05) is 32.4 Å². The van der Waals surface area contributed by atoms with Gasteiger partial charge in [-0.15, -0.1) is 0 Å². The van der Waals surface area contributed by atoms with Crippen molar-refractivity contribution in [3.63, 3.8) is 0 Å². The summed E-state index contributed by atoms with van der Waals surface area (Å²) in [6.07, 6.45) is 2.52. The highest BCUT2D eigenvalue weighted by Crippen LogP contribution is 2.32. The monoisotopic (exact) mass is 314 g/mol. The van der Waals surface area contributed by atoms with E-state index in [1.165, 1.54) is 12.5 Å². The largest absolute Gasteiger partial charge is 0.477 e. The number of aromatic carboxylic acids is 1. The smallest absolute Gasteiger partial charge is 0.342 e. The molecule has 1 N–H and O–H groups in total. The Morgan fingerprint density at radius 2 is 1.96 bits per heavy atom. The highest BCUT2D eigenvalue weighted by Gasteiger charge is 2.20. The molecule has 0 saturated carbocycles. The summed E-state index contributed by atoms with van der Waals surface area (Å²) in [5.74, 6) is -0.468. The summed E-state index contributed by atoms with van der Waals surface area (Å²) in [6, 6.07) is 7.60. The van der Waals surface area contributed by atoms with Crippen LogP contribution < -0.4 is 9.64 Å². The molecule has 7 nitrogen and oxygen atoms in total. The standard InChI is InChI=1S/C16H18N4O3/c1-19-6-8-20(9-7-19)13-4-2-3-5-14(13)23-15-12(16(21)22)10-17-11-18-15/h2-5,10-11H,6-9H2,1H3,(H,21,22). The Morgan fingerprint density at radius 3 is 2.70 bits per heavy atom. The van der Waals surface area contributed by atoms with E-state index in [1.54, 1.807) is 0 Å². The van der Waals surface area contributed by atoms with Gasteiger partial charge in [0.25, 0.3) is 0 Å². The van der Waals surface area contributed by atoms with Gasteiger partial charge in [-0.3, -0.25) is 0 Å². The summed E-state index contributed by atoms with van der Waals surface area (Å²) in [7, 11) is 2.10. The Hall–Kier alpha value is -2.67. The number of aromatic nitrogens is 2. The fourth-order valence-corrected chi connectivity index (χ4v) is 2.50. The minimum Gasteiger partial charge on any atom is -0.477 e. The van der Waals surface area contributed by atoms with Crippen LogP contribution in [0.1, 0.15) is 10.4 Å². The first kappa shape index (κ1) is 15.2. The maximum absolute atomic E-state index is 11.3. The van der Waals surface area contributed by atoms with Gasteiger partial charge in [0.1, 0.15) is 11.9 Å². The molecule has 0 aliphatic carbocycles. The molecular weight excluding hydrogens is 296 g/mol. The van der Waals surface area contributed by atoms with Crippen LogP contribution in [0.5, 0.6) is 11.6 Å². The Kier molecular flexibility index (Phi) is 4.38. The molecule has 1 aliphatic heterocycles. The zero-order valence-electron chi connectivity index (χ0n) is 12.8. The Balaban J connectivity index is 1.88. The van der Waals surface area contributed by atoms with Crippen molar-refractivity contribution < 1.29 is 14.6 Å². The van der Waals surface area contributed by atoms with Crippen molar-refractivity contribution in [2.45, 2.75) is 0 Å². The number of hydrogen-bond donors (Lipinski definition) is 1. The van der Waals surface area contributed by atoms with E-state index in [9.17, 15) is 9.90 Å². The molecule has 23 heavy (non-hydrogen) atoms. The molecule has 1 aliphatic rings. The van der Waals surface area contributed by atoms with E-state index >= 15 is 0 Å². The summed E-state index contributed by atoms with van der Waals surface area (Å²) in [5.41, 5.74) is 0.885. The highest BCUT2D eigenvalue weighted by molar-refractivity contribution is 5.89. The van der Waals surface area contributed by atoms with Crippen molar-refractivity contribution in [2.75, 3.05) is 38.1 Å². The molecule has 0 atom stereocenters. The lowest BCUT2D eigenvalue weighted by atomic mass is 10.2. The number of likely N-dealkylation sites (N-methyl/N-ethyl adjacent to an activating group) is 1. The van der Waals surface area contributed by atoms with Crippen molar-refractivity contribution in [2.24, 2.45) is 0 Å². The van der Waals surface area contributed by atoms with Crippen molar-refractivity contribution in [3.8, 4) is 11.6 Å². The minimum absolute atomic E-state index is 0.0501. The van der Waals surface area contributed by atoms with E-state index in [2.05, 4.69) is 26.8 Å². The van der Waals surface area contributed by atoms with Crippen LogP contribution in [0.2, 0.25) is 0 Å². The molecule has 0 spiro atoms. The second-order valence-electron chi connectivity index (χ2n) is 5.41. The van der Waals surface area contributed by atoms with E-state index < -0.39 is 5.97 Å². The number of carboxylic acid groups (broad SMARTS) is 1. The van der Waals surface area contributed by atoms with E-state index in [-0.39, 0.29) is 11.4 Å². The molecule has 0 radical (unpaired) electrons. The third kappa shape index (κ3) is 3.40. The molecule has 3 rings (SSSR count). The maximum Gasteiger partial charge on any atom is 0.342 e. The second kappa shape index (κ2) is 6.62. The van der Waals surface area contributed by atoms with Gasteiger partial charge >= 0.3 is 5.97 Å². The maximum atomic E-state index is 11.3. The topological polar surface area (TPSA) is 78.8 Å². The number of ether oxygens (including phenoxy) is 1. The molecule has 7 heteroatoms. The van der Waals surface area contributed by atoms with Gasteiger partial charge < -0.3 is 19.6 Å². The van der Waals surface area contributed by atoms with E-state index in [1.807, 2.05) is 24.3 Å². The first-order valence-corrected chi connectivity index (χ1v) is 7.39. The van der Waals surface area contributed by atoms with E-state index in [4.69, 9.17) is 4.74 Å². The third-order valence-electron chi connectivity index (χ3n) is 3.82. The summed E-state index contributed by atoms with van der Waals surface area (Å²) < 4.78 is 5.79. The van der Waals surface area contributed by atoms with Crippen molar-refractivity contribution in [1.29, 1.82) is 0 Å². The molecular formula is C16H18N4O3. The lowest BCUT2D eigenvalue weighted by Crippen LogP contribution is -2.44. The molecule has 2 aromatic rings. The molecule has 1 aromatic carbocycles. The minimum atomic E-state index is -1.11. The summed E-state index contributed by atoms with van der Waals surface area (Å²) >= 11 is 0. The number of carboxylic acids is 1. The average Bonchev–Trinajstić information content (AvgIpc) is 2.56. The predicted octanol–water partition coefficient (Wildman–Crippen LogP) is 1.72. The quantitative estimate of drug-likeness (QED) is 0.920. The van der Waals surface area contributed by atoms with Gasteiger partial charge in [0.05, 0.1) is 5.69 Å². The van der Waals surface area contributed by atoms with Crippen LogP contribution in [-0.4, -0.2) is 59.2 Å². The van der Waals surface area contributed by atoms with E-state index in [0.29, 0.717) is 5.75 Å². The number of anilines is 1. The number of rotatable bonds is 4. The Bertz CT molecular complexity index is 699. The second-order valence-corrected chi connectivity index (χ2v) is 5.41. The summed E-state index contributed by atoms with van der Waals surface area (Å²) in [5, 5.41) is 9.21. The zero-order valence-corrected chi connectivity index (χ0v) is 12.8. The summed E-state index contributed by atoms with van der Waals surface area (Å²) in [4.78, 5) is 23.5. The number of carbonyl (C=O) groups is 1. The van der Waals surface area contributed by atoms with Crippen molar-refractivity contribution in [3.05, 3.63) is 42.4 Å². The number of nitrogens with zero attached hydrogens (tertiary/aromatic N) is 4. The fourth-order valence-electron chi connectivity index (χ4n) is 2.50. The van der Waals surface area contributed by atoms with E-state index in [0.717, 1.165) is 31.9 Å². The van der Waals surface area contributed by atoms with Crippen molar-refractivity contribution >= 4 is 11.7 Å². The van der Waals surface area contributed by atoms with Gasteiger partial charge in [-0.25, -0.2) is 14.8 Å². The van der Waals surface area contributed by atoms with Gasteiger partial charge in [0.15, 0.2) is 5.75 Å². The van der Waals surface area contributed by atoms with Crippen molar-refractivity contribution in [1.82, 2.24) is 14.9 Å². The molecule has 1 saturated heterocycles. The summed E-state index contributed by atoms with van der Waals surface area (Å²) in [6.45, 7) is 3.74. The SMILES string of the molecule is CN1CCN(c2ccccc2Oc2ncncc2C(=O)O)CC1. The molecule has 1 aromatic heterocycles. The average molecular weight is 314 g/mol. The van der Waals surface area contributed by atoms with Crippen LogP contribution in [0.25, 0.3) is 0 Å². The van der Waals surface area contributed by atoms with Crippen LogP contribution in [0.3, 0.4) is 0 Å². The normalized spacial score (nSPS) is 15.4. The number of para-hydroxylation sites is 2. The lowest BCUT2D eigenvalue weighted by Gasteiger charge is -2.34. The molecule has 0 bridgehead atoms. The Labute approximate surface area is 134 Å². The van der Waals surface area contributed by atoms with Gasteiger partial charge in [-0.2, -0.15) is 0 Å². The predicted molar refractivity (Wildman–Crippen MR) is 85.2 cm³/mol. The Morgan fingerprint density at radius 1 is 1.22 bits per heavy atom. The molecule has 2 heterocycles. The van der Waals surface area contributed by atoms with Crippen LogP contribution in [0.15, 0.2) is 36.8 Å². The van der Waals surface area contributed by atoms with Gasteiger partial charge in [-0.1, -0.05) is 12.1 Å². The van der Waals surface area contributed by atoms with Gasteiger partial charge in [-0.05, 0) is 19.2 Å². The highest BCUT2D eigenvalue weighted by atomic mass is 16.5. The van der Waals surface area contributed by atoms with Crippen LogP contribution in [0, 0.1) is 0 Å². The number of hydrogen-bond acceptors (Lipinski definition) is 6. The molecule has 0 unspecified atom stereocenters. The zero-order chi connectivity index (χ0) is 16.2. The number of piperazine rings is 1. The molecule has 1 fully saturated rings. The van der Waals surface area contributed by atoms with Crippen LogP contribution in [-0.2, 0) is 0 Å². The number of benzene rings is 1. The lowest BCUT2D eigenvalue weighted by molar-refractivity contribution is 0.0693. The van der Waals surface area contributed by atoms with Crippen LogP contribution in [0.4, 0.5) is 5.69 Å². The molecule has 120 valence electrons. The first-order valence-electron chi connectivity index (χ1n) is 7.39. The fraction of sp³-hybridized carbons (Fsp3) is 0.312. The first-order chi connectivity index (χ1) is 11.1.